The highest BCUT2D eigenvalue weighted by atomic mass is 79.9. The molecule has 4 heteroatoms. The normalized spacial score (nSPS) is 25.5. The van der Waals surface area contributed by atoms with Gasteiger partial charge in [-0.15, -0.1) is 0 Å². The Hall–Kier alpha value is -0.350. The highest BCUT2D eigenvalue weighted by Gasteiger charge is 2.31. The number of halogens is 1. The van der Waals surface area contributed by atoms with Crippen LogP contribution in [0.5, 0.6) is 0 Å². The first-order valence-electron chi connectivity index (χ1n) is 4.91. The highest BCUT2D eigenvalue weighted by molar-refractivity contribution is 9.10. The molecule has 0 N–H and O–H groups in total. The second-order valence-corrected chi connectivity index (χ2v) is 5.33. The van der Waals surface area contributed by atoms with Gasteiger partial charge in [-0.2, -0.15) is 5.10 Å². The summed E-state index contributed by atoms with van der Waals surface area (Å²) in [5, 5.41) is 4.22. The Balaban J connectivity index is 1.94. The predicted molar refractivity (Wildman–Crippen MR) is 58.1 cm³/mol. The first-order chi connectivity index (χ1) is 6.55. The summed E-state index contributed by atoms with van der Waals surface area (Å²) >= 11 is 3.38. The molecular formula is C10H15BrN2O. The summed E-state index contributed by atoms with van der Waals surface area (Å²) in [6.07, 6.45) is 6.37. The summed E-state index contributed by atoms with van der Waals surface area (Å²) in [4.78, 5) is 0. The summed E-state index contributed by atoms with van der Waals surface area (Å²) < 4.78 is 8.84. The Bertz CT molecular complexity index is 322. The summed E-state index contributed by atoms with van der Waals surface area (Å²) in [6.45, 7) is 5.15. The molecule has 1 fully saturated rings. The van der Waals surface area contributed by atoms with Crippen LogP contribution in [0.15, 0.2) is 16.9 Å². The standard InChI is InChI=1S/C10H15BrN2O/c1-10(2)4-3-9(14-10)7-13-6-8(11)5-12-13/h5-6,9H,3-4,7H2,1-2H3. The predicted octanol–water partition coefficient (Wildman–Crippen LogP) is 2.60. The van der Waals surface area contributed by atoms with Gasteiger partial charge < -0.3 is 4.74 Å². The summed E-state index contributed by atoms with van der Waals surface area (Å²) in [6, 6.07) is 0. The molecular weight excluding hydrogens is 244 g/mol. The fourth-order valence-electron chi connectivity index (χ4n) is 1.85. The molecule has 0 spiro atoms. The smallest absolute Gasteiger partial charge is 0.0779 e. The maximum absolute atomic E-state index is 5.89. The van der Waals surface area contributed by atoms with Gasteiger partial charge in [0.1, 0.15) is 0 Å². The third-order valence-electron chi connectivity index (χ3n) is 2.55. The van der Waals surface area contributed by atoms with Gasteiger partial charge in [-0.3, -0.25) is 4.68 Å². The average Bonchev–Trinajstić information content (AvgIpc) is 2.59. The lowest BCUT2D eigenvalue weighted by Gasteiger charge is -2.19. The van der Waals surface area contributed by atoms with E-state index in [1.807, 2.05) is 10.9 Å². The number of ether oxygens (including phenoxy) is 1. The van der Waals surface area contributed by atoms with Crippen molar-refractivity contribution in [1.29, 1.82) is 0 Å². The molecule has 78 valence electrons. The molecule has 2 rings (SSSR count). The van der Waals surface area contributed by atoms with Crippen LogP contribution < -0.4 is 0 Å². The van der Waals surface area contributed by atoms with Crippen molar-refractivity contribution >= 4 is 15.9 Å². The van der Waals surface area contributed by atoms with Crippen molar-refractivity contribution in [2.24, 2.45) is 0 Å². The molecule has 1 saturated heterocycles. The van der Waals surface area contributed by atoms with Gasteiger partial charge in [0.05, 0.1) is 28.9 Å². The average molecular weight is 259 g/mol. The Labute approximate surface area is 92.6 Å². The van der Waals surface area contributed by atoms with Crippen molar-refractivity contribution in [2.45, 2.75) is 44.9 Å². The van der Waals surface area contributed by atoms with Gasteiger partial charge in [0.25, 0.3) is 0 Å². The number of rotatable bonds is 2. The van der Waals surface area contributed by atoms with Crippen molar-refractivity contribution in [1.82, 2.24) is 9.78 Å². The maximum atomic E-state index is 5.89. The van der Waals surface area contributed by atoms with E-state index in [0.717, 1.165) is 23.9 Å². The molecule has 3 nitrogen and oxygen atoms in total. The lowest BCUT2D eigenvalue weighted by Crippen LogP contribution is -2.23. The molecule has 0 radical (unpaired) electrons. The number of aromatic nitrogens is 2. The molecule has 1 aromatic rings. The van der Waals surface area contributed by atoms with Crippen LogP contribution in [-0.2, 0) is 11.3 Å². The Morgan fingerprint density at radius 2 is 2.50 bits per heavy atom. The minimum absolute atomic E-state index is 0.0506. The van der Waals surface area contributed by atoms with E-state index in [4.69, 9.17) is 4.74 Å². The Morgan fingerprint density at radius 1 is 1.71 bits per heavy atom. The van der Waals surface area contributed by atoms with E-state index in [2.05, 4.69) is 34.9 Å². The van der Waals surface area contributed by atoms with Gasteiger partial charge in [0.15, 0.2) is 0 Å². The Morgan fingerprint density at radius 3 is 3.00 bits per heavy atom. The van der Waals surface area contributed by atoms with Crippen LogP contribution >= 0.6 is 15.9 Å². The zero-order chi connectivity index (χ0) is 10.2. The topological polar surface area (TPSA) is 27.1 Å². The molecule has 0 aromatic carbocycles. The molecule has 14 heavy (non-hydrogen) atoms. The van der Waals surface area contributed by atoms with E-state index < -0.39 is 0 Å². The van der Waals surface area contributed by atoms with Gasteiger partial charge in [0, 0.05) is 6.20 Å². The minimum atomic E-state index is 0.0506. The second-order valence-electron chi connectivity index (χ2n) is 4.42. The molecule has 0 saturated carbocycles. The van der Waals surface area contributed by atoms with E-state index in [-0.39, 0.29) is 5.60 Å². The fourth-order valence-corrected chi connectivity index (χ4v) is 2.18. The van der Waals surface area contributed by atoms with Gasteiger partial charge in [-0.1, -0.05) is 0 Å². The largest absolute Gasteiger partial charge is 0.370 e. The molecule has 2 heterocycles. The van der Waals surface area contributed by atoms with Crippen LogP contribution in [0.25, 0.3) is 0 Å². The van der Waals surface area contributed by atoms with E-state index >= 15 is 0 Å². The summed E-state index contributed by atoms with van der Waals surface area (Å²) in [5.41, 5.74) is 0.0506. The quantitative estimate of drug-likeness (QED) is 0.816. The molecule has 1 aromatic heterocycles. The van der Waals surface area contributed by atoms with Crippen LogP contribution in [0.2, 0.25) is 0 Å². The third-order valence-corrected chi connectivity index (χ3v) is 2.96. The minimum Gasteiger partial charge on any atom is -0.370 e. The van der Waals surface area contributed by atoms with E-state index in [9.17, 15) is 0 Å². The molecule has 1 unspecified atom stereocenters. The van der Waals surface area contributed by atoms with Crippen LogP contribution in [0, 0.1) is 0 Å². The summed E-state index contributed by atoms with van der Waals surface area (Å²) in [7, 11) is 0. The van der Waals surface area contributed by atoms with Gasteiger partial charge in [-0.05, 0) is 42.6 Å². The van der Waals surface area contributed by atoms with Crippen molar-refractivity contribution in [3.05, 3.63) is 16.9 Å². The first kappa shape index (κ1) is 10.2. The maximum Gasteiger partial charge on any atom is 0.0779 e. The molecule has 1 atom stereocenters. The molecule has 0 aliphatic carbocycles. The van der Waals surface area contributed by atoms with Gasteiger partial charge in [0.2, 0.25) is 0 Å². The van der Waals surface area contributed by atoms with E-state index in [1.165, 1.54) is 0 Å². The van der Waals surface area contributed by atoms with Crippen molar-refractivity contribution < 1.29 is 4.74 Å². The van der Waals surface area contributed by atoms with Gasteiger partial charge >= 0.3 is 0 Å². The molecule has 1 aliphatic heterocycles. The number of hydrogen-bond acceptors (Lipinski definition) is 2. The van der Waals surface area contributed by atoms with Crippen LogP contribution in [-0.4, -0.2) is 21.5 Å². The monoisotopic (exact) mass is 258 g/mol. The molecule has 1 aliphatic rings. The SMILES string of the molecule is CC1(C)CCC(Cn2cc(Br)cn2)O1. The lowest BCUT2D eigenvalue weighted by molar-refractivity contribution is -0.0229. The van der Waals surface area contributed by atoms with E-state index in [1.54, 1.807) is 6.20 Å². The van der Waals surface area contributed by atoms with Crippen LogP contribution in [0.4, 0.5) is 0 Å². The number of hydrogen-bond donors (Lipinski definition) is 0. The van der Waals surface area contributed by atoms with Crippen molar-refractivity contribution in [2.75, 3.05) is 0 Å². The first-order valence-corrected chi connectivity index (χ1v) is 5.70. The third kappa shape index (κ3) is 2.36. The van der Waals surface area contributed by atoms with E-state index in [0.29, 0.717) is 6.10 Å². The zero-order valence-corrected chi connectivity index (χ0v) is 10.1. The lowest BCUT2D eigenvalue weighted by atomic mass is 10.1. The van der Waals surface area contributed by atoms with Crippen LogP contribution in [0.1, 0.15) is 26.7 Å². The van der Waals surface area contributed by atoms with Crippen molar-refractivity contribution in [3.8, 4) is 0 Å². The Kier molecular flexibility index (Phi) is 2.66. The highest BCUT2D eigenvalue weighted by Crippen LogP contribution is 2.30. The fraction of sp³-hybridized carbons (Fsp3) is 0.700. The molecule has 0 amide bonds. The van der Waals surface area contributed by atoms with Gasteiger partial charge in [-0.25, -0.2) is 0 Å². The summed E-state index contributed by atoms with van der Waals surface area (Å²) in [5.74, 6) is 0. The van der Waals surface area contributed by atoms with Crippen LogP contribution in [0.3, 0.4) is 0 Å². The van der Waals surface area contributed by atoms with Crippen molar-refractivity contribution in [3.63, 3.8) is 0 Å². The second kappa shape index (κ2) is 3.66. The zero-order valence-electron chi connectivity index (χ0n) is 8.53. The molecule has 0 bridgehead atoms. The number of nitrogens with zero attached hydrogens (tertiary/aromatic N) is 2.